The van der Waals surface area contributed by atoms with Crippen molar-refractivity contribution in [3.05, 3.63) is 41.1 Å². The fourth-order valence-electron chi connectivity index (χ4n) is 2.56. The van der Waals surface area contributed by atoms with Gasteiger partial charge in [0.05, 0.1) is 12.8 Å². The summed E-state index contributed by atoms with van der Waals surface area (Å²) in [5.41, 5.74) is 2.04. The fourth-order valence-corrected chi connectivity index (χ4v) is 2.56. The normalized spacial score (nSPS) is 14.5. The summed E-state index contributed by atoms with van der Waals surface area (Å²) in [4.78, 5) is 16.9. The zero-order chi connectivity index (χ0) is 15.7. The lowest BCUT2D eigenvalue weighted by Crippen LogP contribution is -2.15. The van der Waals surface area contributed by atoms with Crippen LogP contribution in [0.3, 0.4) is 0 Å². The van der Waals surface area contributed by atoms with Gasteiger partial charge in [0.1, 0.15) is 11.5 Å². The third-order valence-electron chi connectivity index (χ3n) is 4.09. The van der Waals surface area contributed by atoms with E-state index in [1.54, 1.807) is 14.0 Å². The summed E-state index contributed by atoms with van der Waals surface area (Å²) in [6.07, 6.45) is 3.38. The number of oxazole rings is 1. The van der Waals surface area contributed by atoms with Crippen molar-refractivity contribution in [2.24, 2.45) is 0 Å². The van der Waals surface area contributed by atoms with Crippen molar-refractivity contribution in [3.8, 4) is 5.75 Å². The van der Waals surface area contributed by atoms with Gasteiger partial charge in [-0.15, -0.1) is 0 Å². The van der Waals surface area contributed by atoms with Crippen LogP contribution in [0.5, 0.6) is 5.75 Å². The number of hydrogen-bond donors (Lipinski definition) is 1. The number of carbonyl (C=O) groups is 1. The molecule has 1 N–H and O–H groups in total. The molecule has 0 aliphatic heterocycles. The Kier molecular flexibility index (Phi) is 3.88. The maximum Gasteiger partial charge on any atom is 0.278 e. The van der Waals surface area contributed by atoms with Gasteiger partial charge in [-0.25, -0.2) is 4.98 Å². The first-order chi connectivity index (χ1) is 10.6. The summed E-state index contributed by atoms with van der Waals surface area (Å²) in [5, 5.41) is 2.86. The van der Waals surface area contributed by atoms with Gasteiger partial charge in [0.15, 0.2) is 11.6 Å². The Morgan fingerprint density at radius 1 is 1.36 bits per heavy atom. The van der Waals surface area contributed by atoms with E-state index < -0.39 is 0 Å². The second kappa shape index (κ2) is 5.83. The van der Waals surface area contributed by atoms with Crippen LogP contribution >= 0.6 is 0 Å². The topological polar surface area (TPSA) is 64.4 Å². The third kappa shape index (κ3) is 2.71. The molecular formula is C17H20N2O3. The maximum atomic E-state index is 12.5. The molecule has 1 aliphatic rings. The van der Waals surface area contributed by atoms with Gasteiger partial charge in [-0.3, -0.25) is 4.79 Å². The molecule has 1 aliphatic carbocycles. The minimum Gasteiger partial charge on any atom is -0.495 e. The highest BCUT2D eigenvalue weighted by Crippen LogP contribution is 2.36. The Hall–Kier alpha value is -2.30. The first-order valence-electron chi connectivity index (χ1n) is 7.52. The summed E-state index contributed by atoms with van der Waals surface area (Å²) in [6, 6.07) is 5.64. The number of aromatic nitrogens is 1. The van der Waals surface area contributed by atoms with Gasteiger partial charge >= 0.3 is 0 Å². The predicted octanol–water partition coefficient (Wildman–Crippen LogP) is 3.82. The largest absolute Gasteiger partial charge is 0.495 e. The summed E-state index contributed by atoms with van der Waals surface area (Å²) in [7, 11) is 1.58. The number of ether oxygens (including phenoxy) is 1. The summed E-state index contributed by atoms with van der Waals surface area (Å²) < 4.78 is 10.9. The molecule has 1 fully saturated rings. The average molecular weight is 300 g/mol. The van der Waals surface area contributed by atoms with Gasteiger partial charge in [-0.1, -0.05) is 12.5 Å². The van der Waals surface area contributed by atoms with Crippen molar-refractivity contribution < 1.29 is 13.9 Å². The molecule has 1 heterocycles. The first kappa shape index (κ1) is 14.6. The lowest BCUT2D eigenvalue weighted by atomic mass is 9.85. The molecule has 0 bridgehead atoms. The molecule has 2 aromatic rings. The van der Waals surface area contributed by atoms with E-state index in [0.717, 1.165) is 18.4 Å². The van der Waals surface area contributed by atoms with Crippen molar-refractivity contribution in [2.75, 3.05) is 12.4 Å². The second-order valence-electron chi connectivity index (χ2n) is 5.74. The van der Waals surface area contributed by atoms with Crippen LogP contribution in [0.4, 0.5) is 5.69 Å². The van der Waals surface area contributed by atoms with Crippen LogP contribution in [0.25, 0.3) is 0 Å². The molecule has 0 radical (unpaired) electrons. The Morgan fingerprint density at radius 2 is 2.14 bits per heavy atom. The second-order valence-corrected chi connectivity index (χ2v) is 5.74. The van der Waals surface area contributed by atoms with Crippen LogP contribution in [-0.4, -0.2) is 18.0 Å². The number of carbonyl (C=O) groups excluding carboxylic acids is 1. The summed E-state index contributed by atoms with van der Waals surface area (Å²) in [6.45, 7) is 3.74. The molecular weight excluding hydrogens is 280 g/mol. The number of aryl methyl sites for hydroxylation is 2. The monoisotopic (exact) mass is 300 g/mol. The zero-order valence-electron chi connectivity index (χ0n) is 13.1. The number of anilines is 1. The van der Waals surface area contributed by atoms with Crippen molar-refractivity contribution in [1.82, 2.24) is 4.98 Å². The molecule has 1 aromatic heterocycles. The smallest absolute Gasteiger partial charge is 0.278 e. The van der Waals surface area contributed by atoms with Crippen LogP contribution in [0.2, 0.25) is 0 Å². The van der Waals surface area contributed by atoms with Crippen molar-refractivity contribution in [1.29, 1.82) is 0 Å². The molecule has 3 rings (SSSR count). The van der Waals surface area contributed by atoms with E-state index in [1.807, 2.05) is 25.1 Å². The lowest BCUT2D eigenvalue weighted by Gasteiger charge is -2.21. The molecule has 1 aromatic carbocycles. The summed E-state index contributed by atoms with van der Waals surface area (Å²) in [5.74, 6) is 1.97. The third-order valence-corrected chi connectivity index (χ3v) is 4.09. The molecule has 0 unspecified atom stereocenters. The van der Waals surface area contributed by atoms with Gasteiger partial charge in [-0.05, 0) is 44.4 Å². The Morgan fingerprint density at radius 3 is 2.77 bits per heavy atom. The SMILES string of the molecule is COc1ccc(C)cc1NC(=O)c1nc(C2CCC2)oc1C. The van der Waals surface area contributed by atoms with E-state index in [0.29, 0.717) is 34.7 Å². The van der Waals surface area contributed by atoms with Crippen molar-refractivity contribution in [3.63, 3.8) is 0 Å². The Balaban J connectivity index is 1.82. The van der Waals surface area contributed by atoms with Gasteiger partial charge in [0, 0.05) is 5.92 Å². The fraction of sp³-hybridized carbons (Fsp3) is 0.412. The molecule has 1 amide bonds. The highest BCUT2D eigenvalue weighted by molar-refractivity contribution is 6.04. The number of methoxy groups -OCH3 is 1. The number of benzene rings is 1. The van der Waals surface area contributed by atoms with Crippen LogP contribution in [0.1, 0.15) is 52.9 Å². The number of nitrogens with one attached hydrogen (secondary N) is 1. The first-order valence-corrected chi connectivity index (χ1v) is 7.52. The highest BCUT2D eigenvalue weighted by atomic mass is 16.5. The molecule has 116 valence electrons. The Bertz CT molecular complexity index is 702. The van der Waals surface area contributed by atoms with E-state index in [9.17, 15) is 4.79 Å². The van der Waals surface area contributed by atoms with Crippen LogP contribution in [0, 0.1) is 13.8 Å². The van der Waals surface area contributed by atoms with E-state index >= 15 is 0 Å². The molecule has 22 heavy (non-hydrogen) atoms. The molecule has 5 nitrogen and oxygen atoms in total. The molecule has 5 heteroatoms. The number of hydrogen-bond acceptors (Lipinski definition) is 4. The number of rotatable bonds is 4. The average Bonchev–Trinajstić information content (AvgIpc) is 2.78. The van der Waals surface area contributed by atoms with Crippen molar-refractivity contribution in [2.45, 2.75) is 39.0 Å². The highest BCUT2D eigenvalue weighted by Gasteiger charge is 2.27. The Labute approximate surface area is 129 Å². The van der Waals surface area contributed by atoms with Crippen molar-refractivity contribution >= 4 is 11.6 Å². The molecule has 0 saturated heterocycles. The number of nitrogens with zero attached hydrogens (tertiary/aromatic N) is 1. The molecule has 1 saturated carbocycles. The van der Waals surface area contributed by atoms with E-state index in [1.165, 1.54) is 6.42 Å². The van der Waals surface area contributed by atoms with Crippen LogP contribution in [0.15, 0.2) is 22.6 Å². The quantitative estimate of drug-likeness (QED) is 0.932. The van der Waals surface area contributed by atoms with Gasteiger partial charge in [-0.2, -0.15) is 0 Å². The maximum absolute atomic E-state index is 12.5. The molecule has 0 spiro atoms. The molecule has 0 atom stereocenters. The van der Waals surface area contributed by atoms with Gasteiger partial charge in [0.2, 0.25) is 0 Å². The standard InChI is InChI=1S/C17H20N2O3/c1-10-7-8-14(21-3)13(9-10)18-16(20)15-11(2)22-17(19-15)12-5-4-6-12/h7-9,12H,4-6H2,1-3H3,(H,18,20). The zero-order valence-corrected chi connectivity index (χ0v) is 13.1. The van der Waals surface area contributed by atoms with Gasteiger partial charge < -0.3 is 14.5 Å². The lowest BCUT2D eigenvalue weighted by molar-refractivity contribution is 0.102. The van der Waals surface area contributed by atoms with E-state index in [2.05, 4.69) is 10.3 Å². The predicted molar refractivity (Wildman–Crippen MR) is 83.5 cm³/mol. The van der Waals surface area contributed by atoms with Gasteiger partial charge in [0.25, 0.3) is 5.91 Å². The van der Waals surface area contributed by atoms with E-state index in [4.69, 9.17) is 9.15 Å². The van der Waals surface area contributed by atoms with E-state index in [-0.39, 0.29) is 5.91 Å². The van der Waals surface area contributed by atoms with Crippen LogP contribution < -0.4 is 10.1 Å². The number of amides is 1. The van der Waals surface area contributed by atoms with Crippen LogP contribution in [-0.2, 0) is 0 Å². The summed E-state index contributed by atoms with van der Waals surface area (Å²) >= 11 is 0. The minimum absolute atomic E-state index is 0.268. The minimum atomic E-state index is -0.268.